The maximum atomic E-state index is 13.0. The molecule has 0 aromatic heterocycles. The molecule has 7 nitrogen and oxygen atoms in total. The highest BCUT2D eigenvalue weighted by Crippen LogP contribution is 2.43. The molecule has 1 fully saturated rings. The van der Waals surface area contributed by atoms with Crippen LogP contribution in [0.5, 0.6) is 0 Å². The topological polar surface area (TPSA) is 101 Å². The minimum Gasteiger partial charge on any atom is -0.507 e. The fourth-order valence-electron chi connectivity index (χ4n) is 3.60. The zero-order valence-electron chi connectivity index (χ0n) is 15.9. The molecule has 31 heavy (non-hydrogen) atoms. The van der Waals surface area contributed by atoms with Gasteiger partial charge in [0.25, 0.3) is 17.4 Å². The van der Waals surface area contributed by atoms with E-state index in [4.69, 9.17) is 0 Å². The van der Waals surface area contributed by atoms with Gasteiger partial charge in [-0.05, 0) is 23.8 Å². The second kappa shape index (κ2) is 8.16. The Balaban J connectivity index is 1.98. The van der Waals surface area contributed by atoms with Crippen molar-refractivity contribution in [1.29, 1.82) is 0 Å². The Morgan fingerprint density at radius 1 is 0.968 bits per heavy atom. The summed E-state index contributed by atoms with van der Waals surface area (Å²) < 4.78 is 0.688. The van der Waals surface area contributed by atoms with E-state index in [1.54, 1.807) is 60.7 Å². The molecule has 4 rings (SSSR count). The summed E-state index contributed by atoms with van der Waals surface area (Å²) in [6.07, 6.45) is 0. The van der Waals surface area contributed by atoms with E-state index in [9.17, 15) is 24.8 Å². The number of aliphatic hydroxyl groups excluding tert-OH is 1. The third-order valence-corrected chi connectivity index (χ3v) is 5.47. The summed E-state index contributed by atoms with van der Waals surface area (Å²) >= 11 is 3.36. The van der Waals surface area contributed by atoms with Crippen LogP contribution in [0.15, 0.2) is 88.9 Å². The predicted molar refractivity (Wildman–Crippen MR) is 118 cm³/mol. The number of nitrogens with zero attached hydrogens (tertiary/aromatic N) is 2. The Morgan fingerprint density at radius 2 is 1.68 bits per heavy atom. The summed E-state index contributed by atoms with van der Waals surface area (Å²) in [4.78, 5) is 38.1. The number of benzene rings is 3. The van der Waals surface area contributed by atoms with Crippen LogP contribution < -0.4 is 4.90 Å². The molecular formula is C23H15BrN2O5. The van der Waals surface area contributed by atoms with Gasteiger partial charge in [0.05, 0.1) is 16.5 Å². The molecule has 1 atom stereocenters. The number of Topliss-reactive ketones (excluding diaryl/α,β-unsaturated/α-hetero) is 1. The number of nitro benzene ring substituents is 1. The molecule has 1 aliphatic rings. The van der Waals surface area contributed by atoms with E-state index in [1.807, 2.05) is 0 Å². The van der Waals surface area contributed by atoms with Crippen LogP contribution in [0.3, 0.4) is 0 Å². The van der Waals surface area contributed by atoms with Crippen LogP contribution in [0.4, 0.5) is 11.4 Å². The average Bonchev–Trinajstić information content (AvgIpc) is 3.04. The number of carbonyl (C=O) groups is 2. The molecule has 8 heteroatoms. The van der Waals surface area contributed by atoms with Gasteiger partial charge in [0.15, 0.2) is 0 Å². The summed E-state index contributed by atoms with van der Waals surface area (Å²) in [6.45, 7) is 0. The molecule has 0 bridgehead atoms. The van der Waals surface area contributed by atoms with Crippen molar-refractivity contribution < 1.29 is 19.6 Å². The summed E-state index contributed by atoms with van der Waals surface area (Å²) in [6, 6.07) is 19.9. The van der Waals surface area contributed by atoms with E-state index in [0.29, 0.717) is 21.3 Å². The molecule has 1 amide bonds. The quantitative estimate of drug-likeness (QED) is 0.187. The Bertz CT molecular complexity index is 1240. The maximum absolute atomic E-state index is 13.0. The molecule has 1 heterocycles. The van der Waals surface area contributed by atoms with Gasteiger partial charge < -0.3 is 5.11 Å². The van der Waals surface area contributed by atoms with Crippen molar-refractivity contribution >= 4 is 44.8 Å². The number of nitro groups is 1. The zero-order chi connectivity index (χ0) is 22.1. The SMILES string of the molecule is O=C1C(=O)N(c2cccc(Br)c2)[C@@H](c2cccc([N+](=O)[O-])c2)C1=C(O)c1ccccc1. The van der Waals surface area contributed by atoms with Crippen LogP contribution in [-0.4, -0.2) is 21.7 Å². The lowest BCUT2D eigenvalue weighted by atomic mass is 9.95. The second-order valence-corrected chi connectivity index (χ2v) is 7.78. The normalized spacial score (nSPS) is 17.7. The molecule has 154 valence electrons. The van der Waals surface area contributed by atoms with E-state index in [2.05, 4.69) is 15.9 Å². The van der Waals surface area contributed by atoms with Crippen molar-refractivity contribution in [2.45, 2.75) is 6.04 Å². The highest BCUT2D eigenvalue weighted by molar-refractivity contribution is 9.10. The third-order valence-electron chi connectivity index (χ3n) is 4.97. The number of ketones is 1. The number of halogens is 1. The molecular weight excluding hydrogens is 464 g/mol. The zero-order valence-corrected chi connectivity index (χ0v) is 17.5. The lowest BCUT2D eigenvalue weighted by Gasteiger charge is -2.25. The van der Waals surface area contributed by atoms with E-state index in [0.717, 1.165) is 0 Å². The van der Waals surface area contributed by atoms with Crippen LogP contribution in [0.2, 0.25) is 0 Å². The van der Waals surface area contributed by atoms with Crippen molar-refractivity contribution in [3.05, 3.63) is 110 Å². The highest BCUT2D eigenvalue weighted by Gasteiger charge is 2.47. The average molecular weight is 479 g/mol. The molecule has 3 aromatic rings. The molecule has 0 radical (unpaired) electrons. The van der Waals surface area contributed by atoms with E-state index in [1.165, 1.54) is 23.1 Å². The van der Waals surface area contributed by atoms with Crippen LogP contribution >= 0.6 is 15.9 Å². The Labute approximate surface area is 185 Å². The van der Waals surface area contributed by atoms with E-state index < -0.39 is 22.7 Å². The molecule has 0 unspecified atom stereocenters. The van der Waals surface area contributed by atoms with Gasteiger partial charge in [-0.1, -0.05) is 64.5 Å². The fraction of sp³-hybridized carbons (Fsp3) is 0.0435. The van der Waals surface area contributed by atoms with Crippen LogP contribution in [-0.2, 0) is 9.59 Å². The first-order valence-electron chi connectivity index (χ1n) is 9.25. The van der Waals surface area contributed by atoms with Crippen molar-refractivity contribution in [2.24, 2.45) is 0 Å². The number of anilines is 1. The van der Waals surface area contributed by atoms with Crippen molar-refractivity contribution in [3.8, 4) is 0 Å². The minimum absolute atomic E-state index is 0.128. The van der Waals surface area contributed by atoms with Gasteiger partial charge in [0, 0.05) is 27.9 Å². The lowest BCUT2D eigenvalue weighted by Crippen LogP contribution is -2.29. The first-order valence-corrected chi connectivity index (χ1v) is 10.0. The van der Waals surface area contributed by atoms with Crippen LogP contribution in [0.1, 0.15) is 17.2 Å². The predicted octanol–water partition coefficient (Wildman–Crippen LogP) is 4.98. The van der Waals surface area contributed by atoms with Crippen LogP contribution in [0, 0.1) is 10.1 Å². The third kappa shape index (κ3) is 3.73. The standard InChI is InChI=1S/C23H15BrN2O5/c24-16-9-5-10-17(13-16)25-20(15-8-4-11-18(12-15)26(30)31)19(22(28)23(25)29)21(27)14-6-2-1-3-7-14/h1-13,20,27H/t20-/m0/s1. The van der Waals surface area contributed by atoms with Gasteiger partial charge in [0.1, 0.15) is 5.76 Å². The molecule has 1 aliphatic heterocycles. The highest BCUT2D eigenvalue weighted by atomic mass is 79.9. The van der Waals surface area contributed by atoms with Crippen molar-refractivity contribution in [1.82, 2.24) is 0 Å². The maximum Gasteiger partial charge on any atom is 0.300 e. The smallest absolute Gasteiger partial charge is 0.300 e. The molecule has 0 spiro atoms. The number of rotatable bonds is 4. The summed E-state index contributed by atoms with van der Waals surface area (Å²) in [7, 11) is 0. The number of hydrogen-bond acceptors (Lipinski definition) is 5. The Kier molecular flexibility index (Phi) is 5.39. The number of carbonyl (C=O) groups excluding carboxylic acids is 2. The first kappa shape index (κ1) is 20.5. The second-order valence-electron chi connectivity index (χ2n) is 6.87. The summed E-state index contributed by atoms with van der Waals surface area (Å²) in [5.74, 6) is -2.03. The number of hydrogen-bond donors (Lipinski definition) is 1. The van der Waals surface area contributed by atoms with Crippen LogP contribution in [0.25, 0.3) is 5.76 Å². The fourth-order valence-corrected chi connectivity index (χ4v) is 3.99. The van der Waals surface area contributed by atoms with Gasteiger partial charge >= 0.3 is 0 Å². The lowest BCUT2D eigenvalue weighted by molar-refractivity contribution is -0.384. The van der Waals surface area contributed by atoms with Crippen molar-refractivity contribution in [2.75, 3.05) is 4.90 Å². The minimum atomic E-state index is -1.03. The molecule has 0 saturated carbocycles. The van der Waals surface area contributed by atoms with Gasteiger partial charge in [-0.15, -0.1) is 0 Å². The van der Waals surface area contributed by atoms with Gasteiger partial charge in [0.2, 0.25) is 0 Å². The van der Waals surface area contributed by atoms with E-state index in [-0.39, 0.29) is 17.0 Å². The first-order chi connectivity index (χ1) is 14.9. The molecule has 0 aliphatic carbocycles. The Hall–Kier alpha value is -3.78. The number of non-ortho nitro benzene ring substituents is 1. The summed E-state index contributed by atoms with van der Waals surface area (Å²) in [5.41, 5.74) is 0.810. The Morgan fingerprint density at radius 3 is 2.35 bits per heavy atom. The van der Waals surface area contributed by atoms with E-state index >= 15 is 0 Å². The summed E-state index contributed by atoms with van der Waals surface area (Å²) in [5, 5.41) is 22.3. The largest absolute Gasteiger partial charge is 0.507 e. The molecule has 3 aromatic carbocycles. The number of amides is 1. The van der Waals surface area contributed by atoms with Gasteiger partial charge in [-0.3, -0.25) is 24.6 Å². The molecule has 1 saturated heterocycles. The van der Waals surface area contributed by atoms with Crippen molar-refractivity contribution in [3.63, 3.8) is 0 Å². The van der Waals surface area contributed by atoms with Gasteiger partial charge in [-0.25, -0.2) is 0 Å². The monoisotopic (exact) mass is 478 g/mol. The molecule has 1 N–H and O–H groups in total. The van der Waals surface area contributed by atoms with Gasteiger partial charge in [-0.2, -0.15) is 0 Å². The number of aliphatic hydroxyl groups is 1.